The van der Waals surface area contributed by atoms with Crippen molar-refractivity contribution in [2.75, 3.05) is 18.1 Å². The fourth-order valence-corrected chi connectivity index (χ4v) is 6.08. The number of fused-ring (bicyclic) bond motifs is 2. The first-order valence-electron chi connectivity index (χ1n) is 10.4. The number of hydrogen-bond acceptors (Lipinski definition) is 5. The van der Waals surface area contributed by atoms with Crippen LogP contribution in [0.4, 0.5) is 0 Å². The Labute approximate surface area is 181 Å². The molecule has 2 atom stereocenters. The van der Waals surface area contributed by atoms with Gasteiger partial charge in [0.05, 0.1) is 11.5 Å². The highest BCUT2D eigenvalue weighted by atomic mass is 32.2. The number of rotatable bonds is 4. The van der Waals surface area contributed by atoms with Gasteiger partial charge >= 0.3 is 0 Å². The maximum absolute atomic E-state index is 13.6. The molecule has 2 heterocycles. The molecule has 0 radical (unpaired) electrons. The summed E-state index contributed by atoms with van der Waals surface area (Å²) in [5.41, 5.74) is 0.980. The summed E-state index contributed by atoms with van der Waals surface area (Å²) in [6.07, 6.45) is -0.378. The molecular formula is C24H23NO5S. The average molecular weight is 438 g/mol. The number of carbonyl (C=O) groups is 1. The Morgan fingerprint density at radius 1 is 0.968 bits per heavy atom. The van der Waals surface area contributed by atoms with E-state index in [0.29, 0.717) is 24.5 Å². The number of amides is 1. The van der Waals surface area contributed by atoms with Gasteiger partial charge in [-0.05, 0) is 34.9 Å². The summed E-state index contributed by atoms with van der Waals surface area (Å²) in [5, 5.41) is 2.13. The molecule has 160 valence electrons. The predicted molar refractivity (Wildman–Crippen MR) is 118 cm³/mol. The normalized spacial score (nSPS) is 21.7. The van der Waals surface area contributed by atoms with Crippen molar-refractivity contribution in [1.82, 2.24) is 4.90 Å². The molecule has 1 fully saturated rings. The number of ether oxygens (including phenoxy) is 2. The van der Waals surface area contributed by atoms with Crippen LogP contribution in [0.1, 0.15) is 12.0 Å². The number of hydrogen-bond donors (Lipinski definition) is 0. The van der Waals surface area contributed by atoms with Crippen LogP contribution in [-0.2, 0) is 21.2 Å². The van der Waals surface area contributed by atoms with Crippen LogP contribution in [-0.4, -0.2) is 49.5 Å². The van der Waals surface area contributed by atoms with E-state index >= 15 is 0 Å². The lowest BCUT2D eigenvalue weighted by molar-refractivity contribution is -0.143. The highest BCUT2D eigenvalue weighted by molar-refractivity contribution is 7.91. The molecular weight excluding hydrogens is 414 g/mol. The first-order valence-corrected chi connectivity index (χ1v) is 12.2. The van der Waals surface area contributed by atoms with Crippen molar-refractivity contribution < 1.29 is 22.7 Å². The molecule has 5 rings (SSSR count). The van der Waals surface area contributed by atoms with Gasteiger partial charge in [0.25, 0.3) is 5.91 Å². The number of para-hydroxylation sites is 2. The Morgan fingerprint density at radius 3 is 2.52 bits per heavy atom. The van der Waals surface area contributed by atoms with Crippen LogP contribution in [0.25, 0.3) is 10.8 Å². The third-order valence-corrected chi connectivity index (χ3v) is 7.69. The number of sulfone groups is 1. The zero-order valence-electron chi connectivity index (χ0n) is 16.9. The summed E-state index contributed by atoms with van der Waals surface area (Å²) in [6.45, 7) is 0.420. The van der Waals surface area contributed by atoms with Crippen molar-refractivity contribution in [2.45, 2.75) is 25.1 Å². The molecule has 0 N–H and O–H groups in total. The van der Waals surface area contributed by atoms with Crippen LogP contribution in [0.2, 0.25) is 0 Å². The van der Waals surface area contributed by atoms with E-state index in [0.717, 1.165) is 16.3 Å². The standard InChI is InChI=1S/C24H23NO5S/c26-24(23-15-29-21-10-3-4-11-22(21)30-23)25(19-12-13-31(27,28)16-19)14-18-8-5-7-17-6-1-2-9-20(17)18/h1-11,19,23H,12-16H2/t19-,23-/m0/s1. The highest BCUT2D eigenvalue weighted by Crippen LogP contribution is 2.32. The summed E-state index contributed by atoms with van der Waals surface area (Å²) in [5.74, 6) is 0.964. The maximum Gasteiger partial charge on any atom is 0.267 e. The minimum atomic E-state index is -3.15. The fourth-order valence-electron chi connectivity index (χ4n) is 4.35. The summed E-state index contributed by atoms with van der Waals surface area (Å²) in [4.78, 5) is 15.2. The lowest BCUT2D eigenvalue weighted by atomic mass is 10.0. The number of benzene rings is 3. The fraction of sp³-hybridized carbons (Fsp3) is 0.292. The molecule has 0 aromatic heterocycles. The molecule has 0 saturated carbocycles. The van der Waals surface area contributed by atoms with Gasteiger partial charge in [-0.2, -0.15) is 0 Å². The van der Waals surface area contributed by atoms with Crippen LogP contribution in [0.5, 0.6) is 11.5 Å². The first kappa shape index (κ1) is 19.9. The topological polar surface area (TPSA) is 72.9 Å². The molecule has 2 aliphatic heterocycles. The summed E-state index contributed by atoms with van der Waals surface area (Å²) in [7, 11) is -3.15. The molecule has 31 heavy (non-hydrogen) atoms. The molecule has 0 unspecified atom stereocenters. The highest BCUT2D eigenvalue weighted by Gasteiger charge is 2.39. The van der Waals surface area contributed by atoms with Gasteiger partial charge in [-0.25, -0.2) is 8.42 Å². The Hall–Kier alpha value is -3.06. The van der Waals surface area contributed by atoms with E-state index in [1.54, 1.807) is 17.0 Å². The van der Waals surface area contributed by atoms with Gasteiger partial charge in [0.15, 0.2) is 21.3 Å². The molecule has 3 aromatic carbocycles. The molecule has 1 amide bonds. The lowest BCUT2D eigenvalue weighted by Gasteiger charge is -2.34. The third-order valence-electron chi connectivity index (χ3n) is 5.94. The van der Waals surface area contributed by atoms with Gasteiger partial charge in [-0.1, -0.05) is 54.6 Å². The largest absolute Gasteiger partial charge is 0.485 e. The van der Waals surface area contributed by atoms with Crippen molar-refractivity contribution >= 4 is 26.5 Å². The summed E-state index contributed by atoms with van der Waals surface area (Å²) < 4.78 is 36.0. The second-order valence-electron chi connectivity index (χ2n) is 8.03. The maximum atomic E-state index is 13.6. The van der Waals surface area contributed by atoms with Crippen molar-refractivity contribution in [3.05, 3.63) is 72.3 Å². The molecule has 0 spiro atoms. The summed E-state index contributed by atoms with van der Waals surface area (Å²) >= 11 is 0. The van der Waals surface area contributed by atoms with Crippen molar-refractivity contribution in [1.29, 1.82) is 0 Å². The van der Waals surface area contributed by atoms with Gasteiger partial charge in [0.1, 0.15) is 6.61 Å². The smallest absolute Gasteiger partial charge is 0.267 e. The molecule has 2 aliphatic rings. The van der Waals surface area contributed by atoms with E-state index in [1.807, 2.05) is 54.6 Å². The van der Waals surface area contributed by atoms with Crippen molar-refractivity contribution in [2.24, 2.45) is 0 Å². The summed E-state index contributed by atoms with van der Waals surface area (Å²) in [6, 6.07) is 20.8. The molecule has 3 aromatic rings. The van der Waals surface area contributed by atoms with E-state index in [4.69, 9.17) is 9.47 Å². The Balaban J connectivity index is 1.47. The lowest BCUT2D eigenvalue weighted by Crippen LogP contribution is -2.50. The van der Waals surface area contributed by atoms with Gasteiger partial charge in [-0.3, -0.25) is 4.79 Å². The molecule has 6 nitrogen and oxygen atoms in total. The third kappa shape index (κ3) is 3.97. The van der Waals surface area contributed by atoms with Crippen LogP contribution >= 0.6 is 0 Å². The van der Waals surface area contributed by atoms with Crippen molar-refractivity contribution in [3.63, 3.8) is 0 Å². The predicted octanol–water partition coefficient (Wildman–Crippen LogP) is 3.20. The molecule has 7 heteroatoms. The van der Waals surface area contributed by atoms with Crippen molar-refractivity contribution in [3.8, 4) is 11.5 Å². The number of carbonyl (C=O) groups excluding carboxylic acids is 1. The number of nitrogens with zero attached hydrogens (tertiary/aromatic N) is 1. The molecule has 1 saturated heterocycles. The quantitative estimate of drug-likeness (QED) is 0.627. The zero-order chi connectivity index (χ0) is 21.4. The van der Waals surface area contributed by atoms with Crippen LogP contribution in [0.15, 0.2) is 66.7 Å². The minimum Gasteiger partial charge on any atom is -0.485 e. The van der Waals surface area contributed by atoms with E-state index in [-0.39, 0.29) is 30.1 Å². The molecule has 0 bridgehead atoms. The SMILES string of the molecule is O=C([C@@H]1COc2ccccc2O1)N(Cc1cccc2ccccc12)[C@H]1CCS(=O)(=O)C1. The van der Waals surface area contributed by atoms with Gasteiger partial charge in [0, 0.05) is 12.6 Å². The van der Waals surface area contributed by atoms with Crippen LogP contribution in [0, 0.1) is 0 Å². The van der Waals surface area contributed by atoms with E-state index in [1.165, 1.54) is 0 Å². The van der Waals surface area contributed by atoms with Crippen LogP contribution in [0.3, 0.4) is 0 Å². The second-order valence-corrected chi connectivity index (χ2v) is 10.3. The first-order chi connectivity index (χ1) is 15.0. The molecule has 0 aliphatic carbocycles. The average Bonchev–Trinajstić information content (AvgIpc) is 3.16. The van der Waals surface area contributed by atoms with E-state index in [9.17, 15) is 13.2 Å². The van der Waals surface area contributed by atoms with E-state index < -0.39 is 15.9 Å². The second kappa shape index (κ2) is 7.89. The Morgan fingerprint density at radius 2 is 1.71 bits per heavy atom. The Bertz CT molecular complexity index is 1230. The Kier molecular flexibility index (Phi) is 5.06. The van der Waals surface area contributed by atoms with Crippen LogP contribution < -0.4 is 9.47 Å². The van der Waals surface area contributed by atoms with Gasteiger partial charge in [0.2, 0.25) is 6.10 Å². The van der Waals surface area contributed by atoms with E-state index in [2.05, 4.69) is 0 Å². The monoisotopic (exact) mass is 437 g/mol. The minimum absolute atomic E-state index is 0.0202. The van der Waals surface area contributed by atoms with Gasteiger partial charge < -0.3 is 14.4 Å². The zero-order valence-corrected chi connectivity index (χ0v) is 17.8. The van der Waals surface area contributed by atoms with Gasteiger partial charge in [-0.15, -0.1) is 0 Å².